The summed E-state index contributed by atoms with van der Waals surface area (Å²) in [6.07, 6.45) is 0. The molecular weight excluding hydrogens is 218 g/mol. The maximum atomic E-state index is 11.4. The zero-order chi connectivity index (χ0) is 8.72. The number of benzene rings is 1. The summed E-state index contributed by atoms with van der Waals surface area (Å²) in [5.74, 6) is 0.108. The van der Waals surface area contributed by atoms with Gasteiger partial charge in [0.1, 0.15) is 4.83 Å². The highest BCUT2D eigenvalue weighted by Gasteiger charge is 2.32. The molecule has 1 aliphatic heterocycles. The first kappa shape index (κ1) is 7.80. The van der Waals surface area contributed by atoms with Crippen LogP contribution in [-0.4, -0.2) is 13.0 Å². The Bertz CT molecular complexity index is 306. The number of para-hydroxylation sites is 1. The summed E-state index contributed by atoms with van der Waals surface area (Å²) in [5, 5.41) is 0. The molecule has 0 spiro atoms. The molecule has 2 rings (SSSR count). The molecule has 0 saturated carbocycles. The van der Waals surface area contributed by atoms with E-state index in [-0.39, 0.29) is 10.7 Å². The minimum absolute atomic E-state index is 0.108. The predicted molar refractivity (Wildman–Crippen MR) is 51.5 cm³/mol. The van der Waals surface area contributed by atoms with E-state index in [0.717, 1.165) is 11.3 Å². The molecule has 0 unspecified atom stereocenters. The first-order valence-electron chi connectivity index (χ1n) is 3.72. The number of halogens is 1. The first-order chi connectivity index (χ1) is 5.72. The molecule has 1 amide bonds. The Kier molecular flexibility index (Phi) is 1.68. The lowest BCUT2D eigenvalue weighted by Crippen LogP contribution is -2.21. The highest BCUT2D eigenvalue weighted by molar-refractivity contribution is 9.09. The number of fused-ring (bicyclic) bond motifs is 1. The van der Waals surface area contributed by atoms with E-state index in [1.165, 1.54) is 0 Å². The van der Waals surface area contributed by atoms with Gasteiger partial charge in [-0.3, -0.25) is 4.79 Å². The molecule has 1 aromatic rings. The SMILES string of the molecule is CN1C(=O)[C@@H](Br)c2ccccc21. The van der Waals surface area contributed by atoms with Crippen LogP contribution in [0.5, 0.6) is 0 Å². The maximum Gasteiger partial charge on any atom is 0.245 e. The third-order valence-corrected chi connectivity index (χ3v) is 3.00. The number of carbonyl (C=O) groups excluding carboxylic acids is 1. The Labute approximate surface area is 79.3 Å². The van der Waals surface area contributed by atoms with Gasteiger partial charge >= 0.3 is 0 Å². The number of amides is 1. The van der Waals surface area contributed by atoms with Crippen molar-refractivity contribution in [2.24, 2.45) is 0 Å². The van der Waals surface area contributed by atoms with Crippen LogP contribution in [0, 0.1) is 0 Å². The number of nitrogens with zero attached hydrogens (tertiary/aromatic N) is 1. The number of hydrogen-bond acceptors (Lipinski definition) is 1. The van der Waals surface area contributed by atoms with Crippen molar-refractivity contribution in [3.63, 3.8) is 0 Å². The smallest absolute Gasteiger partial charge is 0.245 e. The van der Waals surface area contributed by atoms with Crippen molar-refractivity contribution in [3.05, 3.63) is 29.8 Å². The van der Waals surface area contributed by atoms with Gasteiger partial charge in [0.15, 0.2) is 0 Å². The topological polar surface area (TPSA) is 20.3 Å². The van der Waals surface area contributed by atoms with Gasteiger partial charge in [-0.15, -0.1) is 0 Å². The van der Waals surface area contributed by atoms with Crippen molar-refractivity contribution in [2.45, 2.75) is 4.83 Å². The normalized spacial score (nSPS) is 21.3. The molecule has 3 heteroatoms. The van der Waals surface area contributed by atoms with Gasteiger partial charge in [0.25, 0.3) is 0 Å². The van der Waals surface area contributed by atoms with E-state index < -0.39 is 0 Å². The number of likely N-dealkylation sites (N-methyl/N-ethyl adjacent to an activating group) is 1. The molecule has 12 heavy (non-hydrogen) atoms. The molecule has 1 atom stereocenters. The second kappa shape index (κ2) is 2.59. The van der Waals surface area contributed by atoms with Gasteiger partial charge in [0, 0.05) is 12.7 Å². The zero-order valence-corrected chi connectivity index (χ0v) is 8.21. The average Bonchev–Trinajstić information content (AvgIpc) is 2.33. The van der Waals surface area contributed by atoms with E-state index in [2.05, 4.69) is 15.9 Å². The van der Waals surface area contributed by atoms with Crippen LogP contribution in [0.25, 0.3) is 0 Å². The summed E-state index contributed by atoms with van der Waals surface area (Å²) in [5.41, 5.74) is 2.06. The largest absolute Gasteiger partial charge is 0.314 e. The Morgan fingerprint density at radius 3 is 2.75 bits per heavy atom. The number of carbonyl (C=O) groups is 1. The van der Waals surface area contributed by atoms with E-state index in [1.807, 2.05) is 24.3 Å². The Balaban J connectivity index is 2.59. The molecule has 1 aromatic carbocycles. The van der Waals surface area contributed by atoms with Crippen LogP contribution in [0.4, 0.5) is 5.69 Å². The van der Waals surface area contributed by atoms with Crippen LogP contribution >= 0.6 is 15.9 Å². The summed E-state index contributed by atoms with van der Waals surface area (Å²) >= 11 is 3.35. The zero-order valence-electron chi connectivity index (χ0n) is 6.62. The van der Waals surface area contributed by atoms with Crippen molar-refractivity contribution < 1.29 is 4.79 Å². The van der Waals surface area contributed by atoms with Gasteiger partial charge in [-0.25, -0.2) is 0 Å². The van der Waals surface area contributed by atoms with Crippen LogP contribution in [0.2, 0.25) is 0 Å². The standard InChI is InChI=1S/C9H8BrNO/c1-11-7-5-3-2-4-6(7)8(10)9(11)12/h2-5,8H,1H3/t8-/m0/s1. The van der Waals surface area contributed by atoms with Gasteiger partial charge in [-0.2, -0.15) is 0 Å². The van der Waals surface area contributed by atoms with Crippen LogP contribution in [0.3, 0.4) is 0 Å². The summed E-state index contributed by atoms with van der Waals surface area (Å²) in [6, 6.07) is 7.80. The minimum Gasteiger partial charge on any atom is -0.314 e. The summed E-state index contributed by atoms with van der Waals surface area (Å²) in [6.45, 7) is 0. The van der Waals surface area contributed by atoms with Gasteiger partial charge in [0.05, 0.1) is 0 Å². The summed E-state index contributed by atoms with van der Waals surface area (Å²) < 4.78 is 0. The third-order valence-electron chi connectivity index (χ3n) is 2.12. The lowest BCUT2D eigenvalue weighted by Gasteiger charge is -2.08. The molecule has 62 valence electrons. The molecule has 2 nitrogen and oxygen atoms in total. The van der Waals surface area contributed by atoms with Crippen molar-refractivity contribution in [2.75, 3.05) is 11.9 Å². The second-order valence-corrected chi connectivity index (χ2v) is 3.73. The van der Waals surface area contributed by atoms with Crippen LogP contribution in [0.1, 0.15) is 10.4 Å². The molecule has 0 fully saturated rings. The molecule has 0 N–H and O–H groups in total. The number of hydrogen-bond donors (Lipinski definition) is 0. The highest BCUT2D eigenvalue weighted by Crippen LogP contribution is 2.39. The molecular formula is C9H8BrNO. The lowest BCUT2D eigenvalue weighted by molar-refractivity contribution is -0.117. The number of anilines is 1. The lowest BCUT2D eigenvalue weighted by atomic mass is 10.2. The van der Waals surface area contributed by atoms with Crippen molar-refractivity contribution in [1.29, 1.82) is 0 Å². The molecule has 0 saturated heterocycles. The average molecular weight is 226 g/mol. The number of rotatable bonds is 0. The van der Waals surface area contributed by atoms with Gasteiger partial charge in [-0.1, -0.05) is 34.1 Å². The molecule has 0 aliphatic carbocycles. The predicted octanol–water partition coefficient (Wildman–Crippen LogP) is 2.10. The van der Waals surface area contributed by atoms with Gasteiger partial charge in [-0.05, 0) is 11.6 Å². The van der Waals surface area contributed by atoms with E-state index in [0.29, 0.717) is 0 Å². The monoisotopic (exact) mass is 225 g/mol. The molecule has 0 aromatic heterocycles. The van der Waals surface area contributed by atoms with E-state index >= 15 is 0 Å². The van der Waals surface area contributed by atoms with E-state index in [1.54, 1.807) is 11.9 Å². The van der Waals surface area contributed by atoms with Crippen LogP contribution in [-0.2, 0) is 4.79 Å². The molecule has 1 aliphatic rings. The van der Waals surface area contributed by atoms with Crippen LogP contribution < -0.4 is 4.90 Å². The highest BCUT2D eigenvalue weighted by atomic mass is 79.9. The van der Waals surface area contributed by atoms with E-state index in [9.17, 15) is 4.79 Å². The Morgan fingerprint density at radius 1 is 1.42 bits per heavy atom. The Morgan fingerprint density at radius 2 is 2.08 bits per heavy atom. The third kappa shape index (κ3) is 0.894. The first-order valence-corrected chi connectivity index (χ1v) is 4.64. The second-order valence-electron chi connectivity index (χ2n) is 2.82. The summed E-state index contributed by atoms with van der Waals surface area (Å²) in [4.78, 5) is 13.0. The van der Waals surface area contributed by atoms with Gasteiger partial charge < -0.3 is 4.90 Å². The molecule has 1 heterocycles. The van der Waals surface area contributed by atoms with Crippen molar-refractivity contribution >= 4 is 27.5 Å². The summed E-state index contributed by atoms with van der Waals surface area (Å²) in [7, 11) is 1.79. The van der Waals surface area contributed by atoms with E-state index in [4.69, 9.17) is 0 Å². The maximum absolute atomic E-state index is 11.4. The fourth-order valence-electron chi connectivity index (χ4n) is 1.43. The molecule has 0 bridgehead atoms. The van der Waals surface area contributed by atoms with Gasteiger partial charge in [0.2, 0.25) is 5.91 Å². The molecule has 0 radical (unpaired) electrons. The van der Waals surface area contributed by atoms with Crippen LogP contribution in [0.15, 0.2) is 24.3 Å². The number of alkyl halides is 1. The fraction of sp³-hybridized carbons (Fsp3) is 0.222. The van der Waals surface area contributed by atoms with Crippen molar-refractivity contribution in [3.8, 4) is 0 Å². The quantitative estimate of drug-likeness (QED) is 0.620. The fourth-order valence-corrected chi connectivity index (χ4v) is 2.12. The minimum atomic E-state index is -0.154. The van der Waals surface area contributed by atoms with Crippen molar-refractivity contribution in [1.82, 2.24) is 0 Å². The Hall–Kier alpha value is -0.830.